The molecule has 1 aromatic carbocycles. The second kappa shape index (κ2) is 10.5. The first-order valence-electron chi connectivity index (χ1n) is 9.39. The Morgan fingerprint density at radius 3 is 2.70 bits per heavy atom. The van der Waals surface area contributed by atoms with Crippen LogP contribution in [-0.4, -0.2) is 52.0 Å². The van der Waals surface area contributed by atoms with Crippen molar-refractivity contribution in [2.24, 2.45) is 0 Å². The summed E-state index contributed by atoms with van der Waals surface area (Å²) < 4.78 is 23.2. The van der Waals surface area contributed by atoms with Gasteiger partial charge in [0.1, 0.15) is 24.5 Å². The van der Waals surface area contributed by atoms with Gasteiger partial charge in [0.05, 0.1) is 12.8 Å². The van der Waals surface area contributed by atoms with Crippen LogP contribution in [0.1, 0.15) is 25.1 Å². The molecule has 0 fully saturated rings. The third-order valence-electron chi connectivity index (χ3n) is 4.06. The van der Waals surface area contributed by atoms with E-state index in [1.165, 1.54) is 13.8 Å². The lowest BCUT2D eigenvalue weighted by molar-refractivity contribution is -0.200. The Balaban J connectivity index is 1.55. The lowest BCUT2D eigenvalue weighted by atomic mass is 10.1. The summed E-state index contributed by atoms with van der Waals surface area (Å²) in [5.41, 5.74) is 1.66. The van der Waals surface area contributed by atoms with Crippen molar-refractivity contribution in [3.8, 4) is 0 Å². The van der Waals surface area contributed by atoms with E-state index in [9.17, 15) is 9.59 Å². The standard InChI is InChI=1S/C21H23N3O6/c1-15(25)27-14-20-19(29-16(2)26)8-9-21(30-20)28-13-18-12-24(23-22-18)11-10-17-6-4-3-5-7-17/h3-12,19-21H,13-14H2,1-2H3/b11-10+/t19-,20+,21-/m0/s1. The molecule has 0 saturated carbocycles. The van der Waals surface area contributed by atoms with Crippen molar-refractivity contribution in [3.63, 3.8) is 0 Å². The van der Waals surface area contributed by atoms with Gasteiger partial charge in [-0.1, -0.05) is 35.5 Å². The van der Waals surface area contributed by atoms with Crippen LogP contribution in [0.3, 0.4) is 0 Å². The minimum absolute atomic E-state index is 0.0576. The number of ether oxygens (including phenoxy) is 4. The summed E-state index contributed by atoms with van der Waals surface area (Å²) in [5, 5.41) is 8.09. The molecular weight excluding hydrogens is 390 g/mol. The minimum Gasteiger partial charge on any atom is -0.463 e. The quantitative estimate of drug-likeness (QED) is 0.479. The molecule has 0 aliphatic carbocycles. The van der Waals surface area contributed by atoms with E-state index >= 15 is 0 Å². The molecule has 0 N–H and O–H groups in total. The van der Waals surface area contributed by atoms with Gasteiger partial charge in [0.25, 0.3) is 0 Å². The maximum Gasteiger partial charge on any atom is 0.303 e. The highest BCUT2D eigenvalue weighted by atomic mass is 16.7. The first-order chi connectivity index (χ1) is 14.5. The van der Waals surface area contributed by atoms with Crippen LogP contribution in [0.25, 0.3) is 12.3 Å². The number of rotatable bonds is 8. The van der Waals surface area contributed by atoms with Crippen LogP contribution in [0.5, 0.6) is 0 Å². The van der Waals surface area contributed by atoms with Crippen molar-refractivity contribution in [1.82, 2.24) is 15.0 Å². The average molecular weight is 413 g/mol. The van der Waals surface area contributed by atoms with Crippen LogP contribution in [0, 0.1) is 0 Å². The molecule has 1 aromatic heterocycles. The zero-order valence-corrected chi connectivity index (χ0v) is 16.7. The van der Waals surface area contributed by atoms with Crippen LogP contribution in [0.2, 0.25) is 0 Å². The largest absolute Gasteiger partial charge is 0.463 e. The van der Waals surface area contributed by atoms with Crippen molar-refractivity contribution >= 4 is 24.2 Å². The fourth-order valence-electron chi connectivity index (χ4n) is 2.70. The Morgan fingerprint density at radius 1 is 1.17 bits per heavy atom. The predicted octanol–water partition coefficient (Wildman–Crippen LogP) is 2.20. The second-order valence-corrected chi connectivity index (χ2v) is 6.53. The van der Waals surface area contributed by atoms with E-state index in [4.69, 9.17) is 18.9 Å². The predicted molar refractivity (Wildman–Crippen MR) is 106 cm³/mol. The van der Waals surface area contributed by atoms with Gasteiger partial charge in [-0.2, -0.15) is 0 Å². The van der Waals surface area contributed by atoms with E-state index in [0.29, 0.717) is 5.69 Å². The van der Waals surface area contributed by atoms with Gasteiger partial charge in [-0.3, -0.25) is 9.59 Å². The van der Waals surface area contributed by atoms with E-state index in [0.717, 1.165) is 5.56 Å². The van der Waals surface area contributed by atoms with Gasteiger partial charge in [0, 0.05) is 20.0 Å². The third kappa shape index (κ3) is 6.64. The molecule has 3 atom stereocenters. The maximum atomic E-state index is 11.3. The van der Waals surface area contributed by atoms with E-state index in [1.54, 1.807) is 29.2 Å². The highest BCUT2D eigenvalue weighted by Crippen LogP contribution is 2.19. The van der Waals surface area contributed by atoms with Gasteiger partial charge >= 0.3 is 11.9 Å². The molecule has 0 spiro atoms. The van der Waals surface area contributed by atoms with Crippen molar-refractivity contribution in [3.05, 3.63) is 59.9 Å². The molecule has 158 valence electrons. The Labute approximate surface area is 173 Å². The molecular formula is C21H23N3O6. The molecule has 9 heteroatoms. The topological polar surface area (TPSA) is 102 Å². The summed E-state index contributed by atoms with van der Waals surface area (Å²) in [6, 6.07) is 9.84. The molecule has 1 aliphatic heterocycles. The van der Waals surface area contributed by atoms with E-state index in [2.05, 4.69) is 10.3 Å². The van der Waals surface area contributed by atoms with Gasteiger partial charge in [0.2, 0.25) is 0 Å². The van der Waals surface area contributed by atoms with Crippen LogP contribution in [0.4, 0.5) is 0 Å². The smallest absolute Gasteiger partial charge is 0.303 e. The number of aromatic nitrogens is 3. The van der Waals surface area contributed by atoms with Crippen molar-refractivity contribution in [2.75, 3.05) is 6.61 Å². The van der Waals surface area contributed by atoms with Gasteiger partial charge in [0.15, 0.2) is 6.29 Å². The van der Waals surface area contributed by atoms with E-state index in [-0.39, 0.29) is 13.2 Å². The monoisotopic (exact) mass is 413 g/mol. The number of nitrogens with zero attached hydrogens (tertiary/aromatic N) is 3. The molecule has 9 nitrogen and oxygen atoms in total. The number of esters is 2. The van der Waals surface area contributed by atoms with Crippen LogP contribution < -0.4 is 0 Å². The highest BCUT2D eigenvalue weighted by Gasteiger charge is 2.31. The van der Waals surface area contributed by atoms with Crippen molar-refractivity contribution in [1.29, 1.82) is 0 Å². The summed E-state index contributed by atoms with van der Waals surface area (Å²) >= 11 is 0. The number of carbonyl (C=O) groups is 2. The van der Waals surface area contributed by atoms with Crippen LogP contribution in [-0.2, 0) is 35.1 Å². The van der Waals surface area contributed by atoms with Gasteiger partial charge in [-0.05, 0) is 23.8 Å². The summed E-state index contributed by atoms with van der Waals surface area (Å²) in [6.07, 6.45) is 6.71. The number of hydrogen-bond donors (Lipinski definition) is 0. The second-order valence-electron chi connectivity index (χ2n) is 6.53. The molecule has 3 rings (SSSR count). The Kier molecular flexibility index (Phi) is 7.47. The Bertz CT molecular complexity index is 908. The lowest BCUT2D eigenvalue weighted by Gasteiger charge is -2.31. The molecule has 30 heavy (non-hydrogen) atoms. The molecule has 2 heterocycles. The summed E-state index contributed by atoms with van der Waals surface area (Å²) in [7, 11) is 0. The molecule has 2 aromatic rings. The first kappa shape index (κ1) is 21.4. The molecule has 0 saturated heterocycles. The Morgan fingerprint density at radius 2 is 1.97 bits per heavy atom. The fourth-order valence-corrected chi connectivity index (χ4v) is 2.70. The summed E-state index contributed by atoms with van der Waals surface area (Å²) in [4.78, 5) is 22.4. The summed E-state index contributed by atoms with van der Waals surface area (Å²) in [5.74, 6) is -0.909. The number of benzene rings is 1. The molecule has 1 aliphatic rings. The SMILES string of the molecule is CC(=O)OC[C@H]1O[C@H](OCc2cn(/C=C/c3ccccc3)nn2)C=C[C@@H]1OC(C)=O. The first-order valence-corrected chi connectivity index (χ1v) is 9.39. The fraction of sp³-hybridized carbons (Fsp3) is 0.333. The third-order valence-corrected chi connectivity index (χ3v) is 4.06. The number of carbonyl (C=O) groups excluding carboxylic acids is 2. The zero-order valence-electron chi connectivity index (χ0n) is 16.7. The number of hydrogen-bond acceptors (Lipinski definition) is 8. The Hall–Kier alpha value is -3.30. The molecule has 0 radical (unpaired) electrons. The van der Waals surface area contributed by atoms with Crippen LogP contribution >= 0.6 is 0 Å². The maximum absolute atomic E-state index is 11.3. The molecule has 0 unspecified atom stereocenters. The lowest BCUT2D eigenvalue weighted by Crippen LogP contribution is -2.42. The van der Waals surface area contributed by atoms with Gasteiger partial charge < -0.3 is 18.9 Å². The van der Waals surface area contributed by atoms with E-state index < -0.39 is 30.4 Å². The normalized spacial score (nSPS) is 20.9. The van der Waals surface area contributed by atoms with Crippen LogP contribution in [0.15, 0.2) is 48.7 Å². The van der Waals surface area contributed by atoms with Crippen molar-refractivity contribution in [2.45, 2.75) is 39.0 Å². The highest BCUT2D eigenvalue weighted by molar-refractivity contribution is 5.67. The minimum atomic E-state index is -0.706. The zero-order chi connectivity index (χ0) is 21.3. The van der Waals surface area contributed by atoms with Gasteiger partial charge in [-0.15, -0.1) is 5.10 Å². The molecule has 0 amide bonds. The average Bonchev–Trinajstić information content (AvgIpc) is 3.18. The van der Waals surface area contributed by atoms with E-state index in [1.807, 2.05) is 36.4 Å². The van der Waals surface area contributed by atoms with Crippen molar-refractivity contribution < 1.29 is 28.5 Å². The van der Waals surface area contributed by atoms with Gasteiger partial charge in [-0.25, -0.2) is 4.68 Å². The summed E-state index contributed by atoms with van der Waals surface area (Å²) in [6.45, 7) is 2.70. The molecule has 0 bridgehead atoms.